The Bertz CT molecular complexity index is 818. The van der Waals surface area contributed by atoms with Crippen molar-refractivity contribution in [3.8, 4) is 0 Å². The van der Waals surface area contributed by atoms with E-state index in [0.717, 1.165) is 6.07 Å². The minimum Gasteiger partial charge on any atom is -0.338 e. The van der Waals surface area contributed by atoms with Crippen molar-refractivity contribution in [1.29, 1.82) is 0 Å². The Kier molecular flexibility index (Phi) is 5.53. The van der Waals surface area contributed by atoms with Gasteiger partial charge in [0.25, 0.3) is 5.91 Å². The third-order valence-electron chi connectivity index (χ3n) is 4.08. The molecule has 0 bridgehead atoms. The fourth-order valence-corrected chi connectivity index (χ4v) is 2.99. The van der Waals surface area contributed by atoms with Gasteiger partial charge in [-0.05, 0) is 25.1 Å². The van der Waals surface area contributed by atoms with Crippen LogP contribution in [0.1, 0.15) is 16.1 Å². The number of carbonyl (C=O) groups is 2. The molecule has 0 spiro atoms. The van der Waals surface area contributed by atoms with Gasteiger partial charge in [-0.2, -0.15) is 0 Å². The Hall–Kier alpha value is -2.45. The topological polar surface area (TPSA) is 78.7 Å². The van der Waals surface area contributed by atoms with E-state index >= 15 is 0 Å². The van der Waals surface area contributed by atoms with Crippen molar-refractivity contribution in [3.63, 3.8) is 0 Å². The molecule has 0 unspecified atom stereocenters. The van der Waals surface area contributed by atoms with Crippen molar-refractivity contribution in [3.05, 3.63) is 46.4 Å². The van der Waals surface area contributed by atoms with E-state index in [9.17, 15) is 14.0 Å². The van der Waals surface area contributed by atoms with Crippen LogP contribution in [0.15, 0.2) is 28.8 Å². The highest BCUT2D eigenvalue weighted by atomic mass is 35.5. The maximum Gasteiger partial charge on any atom is 0.255 e. The molecule has 2 aromatic rings. The summed E-state index contributed by atoms with van der Waals surface area (Å²) in [4.78, 5) is 28.1. The summed E-state index contributed by atoms with van der Waals surface area (Å²) in [6.45, 7) is 3.98. The molecule has 3 rings (SSSR count). The summed E-state index contributed by atoms with van der Waals surface area (Å²) in [7, 11) is 0. The Labute approximate surface area is 154 Å². The molecule has 1 N–H and O–H groups in total. The van der Waals surface area contributed by atoms with Gasteiger partial charge >= 0.3 is 0 Å². The number of carbonyl (C=O) groups excluding carboxylic acids is 2. The van der Waals surface area contributed by atoms with Crippen LogP contribution in [0.25, 0.3) is 0 Å². The summed E-state index contributed by atoms with van der Waals surface area (Å²) >= 11 is 5.96. The van der Waals surface area contributed by atoms with Crippen LogP contribution in [0.4, 0.5) is 10.3 Å². The van der Waals surface area contributed by atoms with Crippen LogP contribution in [0.3, 0.4) is 0 Å². The summed E-state index contributed by atoms with van der Waals surface area (Å²) < 4.78 is 18.1. The van der Waals surface area contributed by atoms with Gasteiger partial charge in [-0.25, -0.2) is 4.39 Å². The summed E-state index contributed by atoms with van der Waals surface area (Å²) in [6.07, 6.45) is 0. The second-order valence-electron chi connectivity index (χ2n) is 6.07. The molecule has 2 amide bonds. The first-order valence-corrected chi connectivity index (χ1v) is 8.50. The van der Waals surface area contributed by atoms with Crippen LogP contribution < -0.4 is 5.32 Å². The number of nitrogens with one attached hydrogen (secondary N) is 1. The first kappa shape index (κ1) is 18.3. The number of benzene rings is 1. The summed E-state index contributed by atoms with van der Waals surface area (Å²) in [5.74, 6) is -0.615. The first-order valence-electron chi connectivity index (χ1n) is 8.12. The predicted molar refractivity (Wildman–Crippen MR) is 93.6 cm³/mol. The fourth-order valence-electron chi connectivity index (χ4n) is 2.74. The molecule has 1 aliphatic heterocycles. The maximum atomic E-state index is 13.1. The Morgan fingerprint density at radius 3 is 2.62 bits per heavy atom. The molecule has 0 saturated carbocycles. The van der Waals surface area contributed by atoms with E-state index in [2.05, 4.69) is 10.5 Å². The Morgan fingerprint density at radius 1 is 1.27 bits per heavy atom. The van der Waals surface area contributed by atoms with Gasteiger partial charge in [0.15, 0.2) is 0 Å². The molecule has 1 aromatic carbocycles. The van der Waals surface area contributed by atoms with E-state index in [1.807, 2.05) is 4.90 Å². The molecule has 26 heavy (non-hydrogen) atoms. The third-order valence-corrected chi connectivity index (χ3v) is 4.39. The average molecular weight is 381 g/mol. The smallest absolute Gasteiger partial charge is 0.255 e. The van der Waals surface area contributed by atoms with Gasteiger partial charge in [0, 0.05) is 32.2 Å². The molecule has 1 aliphatic rings. The monoisotopic (exact) mass is 380 g/mol. The largest absolute Gasteiger partial charge is 0.338 e. The van der Waals surface area contributed by atoms with Crippen LogP contribution in [0, 0.1) is 12.7 Å². The molecule has 0 aliphatic carbocycles. The number of amides is 2. The van der Waals surface area contributed by atoms with Gasteiger partial charge in [-0.1, -0.05) is 16.8 Å². The van der Waals surface area contributed by atoms with Gasteiger partial charge in [0.05, 0.1) is 22.8 Å². The number of piperazine rings is 1. The van der Waals surface area contributed by atoms with Crippen LogP contribution in [0.2, 0.25) is 5.02 Å². The zero-order chi connectivity index (χ0) is 18.7. The number of nitrogens with zero attached hydrogens (tertiary/aromatic N) is 3. The van der Waals surface area contributed by atoms with Crippen molar-refractivity contribution in [2.24, 2.45) is 0 Å². The zero-order valence-electron chi connectivity index (χ0n) is 14.2. The van der Waals surface area contributed by atoms with Crippen molar-refractivity contribution >= 4 is 29.3 Å². The minimum absolute atomic E-state index is 0.0964. The zero-order valence-corrected chi connectivity index (χ0v) is 14.9. The second-order valence-corrected chi connectivity index (χ2v) is 6.48. The molecule has 138 valence electrons. The normalized spacial score (nSPS) is 15.1. The van der Waals surface area contributed by atoms with Gasteiger partial charge in [-0.15, -0.1) is 0 Å². The lowest BCUT2D eigenvalue weighted by molar-refractivity contribution is -0.117. The Balaban J connectivity index is 1.50. The predicted octanol–water partition coefficient (Wildman–Crippen LogP) is 2.17. The SMILES string of the molecule is Cc1cc(NC(=O)CN2CCN(C(=O)c3ccc(F)cc3Cl)CC2)on1. The summed E-state index contributed by atoms with van der Waals surface area (Å²) in [5.41, 5.74) is 0.965. The number of anilines is 1. The van der Waals surface area contributed by atoms with Crippen LogP contribution in [-0.2, 0) is 4.79 Å². The first-order chi connectivity index (χ1) is 12.4. The highest BCUT2D eigenvalue weighted by Gasteiger charge is 2.25. The molecule has 7 nitrogen and oxygen atoms in total. The highest BCUT2D eigenvalue weighted by Crippen LogP contribution is 2.20. The molecular formula is C17H18ClFN4O3. The van der Waals surface area contributed by atoms with E-state index in [-0.39, 0.29) is 28.9 Å². The molecule has 1 fully saturated rings. The standard InChI is InChI=1S/C17H18ClFN4O3/c1-11-8-16(26-21-11)20-15(24)10-22-4-6-23(7-5-22)17(25)13-3-2-12(19)9-14(13)18/h2-3,8-9H,4-7,10H2,1H3,(H,20,24). The number of halogens is 2. The van der Waals surface area contributed by atoms with Gasteiger partial charge < -0.3 is 9.42 Å². The van der Waals surface area contributed by atoms with Crippen LogP contribution in [-0.4, -0.2) is 59.5 Å². The van der Waals surface area contributed by atoms with E-state index in [1.165, 1.54) is 12.1 Å². The fraction of sp³-hybridized carbons (Fsp3) is 0.353. The Morgan fingerprint density at radius 2 is 2.00 bits per heavy atom. The molecule has 9 heteroatoms. The van der Waals surface area contributed by atoms with Crippen molar-refractivity contribution in [2.75, 3.05) is 38.0 Å². The number of hydrogen-bond acceptors (Lipinski definition) is 5. The lowest BCUT2D eigenvalue weighted by atomic mass is 10.1. The van der Waals surface area contributed by atoms with Crippen molar-refractivity contribution in [2.45, 2.75) is 6.92 Å². The quantitative estimate of drug-likeness (QED) is 0.879. The minimum atomic E-state index is -0.482. The number of hydrogen-bond donors (Lipinski definition) is 1. The van der Waals surface area contributed by atoms with E-state index in [0.29, 0.717) is 37.8 Å². The average Bonchev–Trinajstić information content (AvgIpc) is 2.99. The number of aromatic nitrogens is 1. The van der Waals surface area contributed by atoms with Crippen molar-refractivity contribution in [1.82, 2.24) is 15.0 Å². The van der Waals surface area contributed by atoms with Crippen LogP contribution >= 0.6 is 11.6 Å². The molecule has 2 heterocycles. The van der Waals surface area contributed by atoms with Crippen LogP contribution in [0.5, 0.6) is 0 Å². The maximum absolute atomic E-state index is 13.1. The number of rotatable bonds is 4. The molecule has 0 atom stereocenters. The lowest BCUT2D eigenvalue weighted by Gasteiger charge is -2.34. The van der Waals surface area contributed by atoms with E-state index in [4.69, 9.17) is 16.1 Å². The van der Waals surface area contributed by atoms with Gasteiger partial charge in [0.2, 0.25) is 11.8 Å². The number of aryl methyl sites for hydroxylation is 1. The molecule has 0 radical (unpaired) electrons. The van der Waals surface area contributed by atoms with Gasteiger partial charge in [-0.3, -0.25) is 19.8 Å². The second kappa shape index (κ2) is 7.84. The van der Waals surface area contributed by atoms with Crippen molar-refractivity contribution < 1.29 is 18.5 Å². The summed E-state index contributed by atoms with van der Waals surface area (Å²) in [6, 6.07) is 5.37. The molecular weight excluding hydrogens is 363 g/mol. The third kappa shape index (κ3) is 4.39. The summed E-state index contributed by atoms with van der Waals surface area (Å²) in [5, 5.41) is 6.44. The molecule has 1 aromatic heterocycles. The lowest BCUT2D eigenvalue weighted by Crippen LogP contribution is -2.50. The highest BCUT2D eigenvalue weighted by molar-refractivity contribution is 6.33. The van der Waals surface area contributed by atoms with E-state index < -0.39 is 5.82 Å². The van der Waals surface area contributed by atoms with Gasteiger partial charge in [0.1, 0.15) is 5.82 Å². The van der Waals surface area contributed by atoms with E-state index in [1.54, 1.807) is 17.9 Å². The molecule has 1 saturated heterocycles.